The highest BCUT2D eigenvalue weighted by molar-refractivity contribution is 5.48. The van der Waals surface area contributed by atoms with E-state index in [-0.39, 0.29) is 5.69 Å². The summed E-state index contributed by atoms with van der Waals surface area (Å²) in [5, 5.41) is 10.8. The van der Waals surface area contributed by atoms with Crippen LogP contribution in [0.4, 0.5) is 5.69 Å². The van der Waals surface area contributed by atoms with Crippen molar-refractivity contribution in [3.8, 4) is 5.75 Å². The van der Waals surface area contributed by atoms with E-state index in [0.29, 0.717) is 5.75 Å². The molecule has 0 aromatic heterocycles. The fraction of sp³-hybridized carbons (Fsp3) is 0.538. The quantitative estimate of drug-likeness (QED) is 0.552. The van der Waals surface area contributed by atoms with Gasteiger partial charge in [-0.05, 0) is 31.1 Å². The molecule has 1 rings (SSSR count). The summed E-state index contributed by atoms with van der Waals surface area (Å²) in [5.74, 6) is 0.331. The van der Waals surface area contributed by atoms with Gasteiger partial charge < -0.3 is 9.64 Å². The van der Waals surface area contributed by atoms with E-state index >= 15 is 0 Å². The molecular formula is C13H20N2O3. The van der Waals surface area contributed by atoms with E-state index in [1.807, 2.05) is 0 Å². The molecule has 18 heavy (non-hydrogen) atoms. The lowest BCUT2D eigenvalue weighted by Gasteiger charge is -2.17. The second-order valence-electron chi connectivity index (χ2n) is 4.04. The van der Waals surface area contributed by atoms with Crippen molar-refractivity contribution in [2.45, 2.75) is 20.3 Å². The van der Waals surface area contributed by atoms with Gasteiger partial charge in [0.15, 0.2) is 5.75 Å². The summed E-state index contributed by atoms with van der Waals surface area (Å²) in [6, 6.07) is 5.06. The summed E-state index contributed by atoms with van der Waals surface area (Å²) in [4.78, 5) is 12.7. The third-order valence-corrected chi connectivity index (χ3v) is 3.05. The van der Waals surface area contributed by atoms with Crippen LogP contribution in [-0.2, 0) is 6.42 Å². The van der Waals surface area contributed by atoms with Crippen molar-refractivity contribution < 1.29 is 9.66 Å². The Balaban J connectivity index is 2.76. The molecule has 1 aromatic rings. The summed E-state index contributed by atoms with van der Waals surface area (Å²) >= 11 is 0. The lowest BCUT2D eigenvalue weighted by Crippen LogP contribution is -2.25. The Bertz CT molecular complexity index is 403. The van der Waals surface area contributed by atoms with Gasteiger partial charge in [0.1, 0.15) is 0 Å². The first-order chi connectivity index (χ1) is 8.62. The number of ether oxygens (including phenoxy) is 1. The van der Waals surface area contributed by atoms with E-state index in [2.05, 4.69) is 18.7 Å². The Morgan fingerprint density at radius 2 is 2.00 bits per heavy atom. The molecule has 0 fully saturated rings. The Labute approximate surface area is 108 Å². The molecule has 5 nitrogen and oxygen atoms in total. The van der Waals surface area contributed by atoms with Gasteiger partial charge in [0, 0.05) is 12.6 Å². The minimum atomic E-state index is -0.424. The van der Waals surface area contributed by atoms with Gasteiger partial charge in [0.05, 0.1) is 12.0 Å². The molecule has 5 heteroatoms. The van der Waals surface area contributed by atoms with Gasteiger partial charge in [-0.3, -0.25) is 10.1 Å². The minimum absolute atomic E-state index is 0.0177. The lowest BCUT2D eigenvalue weighted by atomic mass is 10.1. The predicted molar refractivity (Wildman–Crippen MR) is 71.1 cm³/mol. The maximum atomic E-state index is 10.8. The number of hydrogen-bond donors (Lipinski definition) is 0. The van der Waals surface area contributed by atoms with Crippen LogP contribution in [0.15, 0.2) is 18.2 Å². The minimum Gasteiger partial charge on any atom is -0.490 e. The number of methoxy groups -OCH3 is 1. The van der Waals surface area contributed by atoms with Crippen molar-refractivity contribution in [2.24, 2.45) is 0 Å². The molecule has 0 bridgehead atoms. The average molecular weight is 252 g/mol. The second kappa shape index (κ2) is 6.96. The summed E-state index contributed by atoms with van der Waals surface area (Å²) in [5.41, 5.74) is 1.08. The molecule has 0 saturated heterocycles. The van der Waals surface area contributed by atoms with Gasteiger partial charge in [0.25, 0.3) is 0 Å². The zero-order valence-electron chi connectivity index (χ0n) is 11.2. The van der Waals surface area contributed by atoms with E-state index in [0.717, 1.165) is 31.6 Å². The largest absolute Gasteiger partial charge is 0.490 e. The molecule has 0 amide bonds. The van der Waals surface area contributed by atoms with E-state index in [1.54, 1.807) is 12.1 Å². The molecule has 0 aliphatic heterocycles. The molecule has 0 radical (unpaired) electrons. The molecule has 0 atom stereocenters. The number of rotatable bonds is 7. The third-order valence-electron chi connectivity index (χ3n) is 3.05. The predicted octanol–water partition coefficient (Wildman–Crippen LogP) is 2.49. The third kappa shape index (κ3) is 3.70. The van der Waals surface area contributed by atoms with Crippen LogP contribution in [0, 0.1) is 10.1 Å². The summed E-state index contributed by atoms with van der Waals surface area (Å²) < 4.78 is 5.05. The van der Waals surface area contributed by atoms with Crippen molar-refractivity contribution in [1.29, 1.82) is 0 Å². The zero-order valence-corrected chi connectivity index (χ0v) is 11.2. The van der Waals surface area contributed by atoms with Crippen molar-refractivity contribution in [1.82, 2.24) is 4.90 Å². The molecule has 0 unspecified atom stereocenters. The molecule has 0 aliphatic rings. The van der Waals surface area contributed by atoms with Crippen LogP contribution >= 0.6 is 0 Å². The van der Waals surface area contributed by atoms with E-state index in [4.69, 9.17) is 4.74 Å². The maximum Gasteiger partial charge on any atom is 0.310 e. The first-order valence-electron chi connectivity index (χ1n) is 6.16. The normalized spacial score (nSPS) is 10.7. The highest BCUT2D eigenvalue weighted by Gasteiger charge is 2.14. The molecule has 0 aliphatic carbocycles. The van der Waals surface area contributed by atoms with Crippen LogP contribution in [0.1, 0.15) is 19.4 Å². The van der Waals surface area contributed by atoms with Gasteiger partial charge in [-0.25, -0.2) is 0 Å². The highest BCUT2D eigenvalue weighted by atomic mass is 16.6. The van der Waals surface area contributed by atoms with Crippen molar-refractivity contribution in [3.05, 3.63) is 33.9 Å². The SMILES string of the molecule is CCN(CC)CCc1ccc([N+](=O)[O-])c(OC)c1. The molecular weight excluding hydrogens is 232 g/mol. The highest BCUT2D eigenvalue weighted by Crippen LogP contribution is 2.27. The molecule has 0 heterocycles. The van der Waals surface area contributed by atoms with Gasteiger partial charge in [0.2, 0.25) is 0 Å². The van der Waals surface area contributed by atoms with Gasteiger partial charge in [-0.2, -0.15) is 0 Å². The molecule has 100 valence electrons. The van der Waals surface area contributed by atoms with Crippen molar-refractivity contribution in [3.63, 3.8) is 0 Å². The molecule has 0 saturated carbocycles. The van der Waals surface area contributed by atoms with Crippen LogP contribution in [0.25, 0.3) is 0 Å². The Morgan fingerprint density at radius 3 is 2.50 bits per heavy atom. The summed E-state index contributed by atoms with van der Waals surface area (Å²) in [7, 11) is 1.45. The smallest absolute Gasteiger partial charge is 0.310 e. The topological polar surface area (TPSA) is 55.6 Å². The zero-order chi connectivity index (χ0) is 13.5. The van der Waals surface area contributed by atoms with Crippen LogP contribution in [0.5, 0.6) is 5.75 Å². The molecule has 0 N–H and O–H groups in total. The Morgan fingerprint density at radius 1 is 1.33 bits per heavy atom. The van der Waals surface area contributed by atoms with Crippen molar-refractivity contribution >= 4 is 5.69 Å². The number of nitro groups is 1. The van der Waals surface area contributed by atoms with Crippen LogP contribution in [0.2, 0.25) is 0 Å². The molecule has 0 spiro atoms. The fourth-order valence-electron chi connectivity index (χ4n) is 1.86. The first kappa shape index (κ1) is 14.4. The van der Waals surface area contributed by atoms with Crippen LogP contribution in [0.3, 0.4) is 0 Å². The number of nitrogens with zero attached hydrogens (tertiary/aromatic N) is 2. The van der Waals surface area contributed by atoms with E-state index in [9.17, 15) is 10.1 Å². The van der Waals surface area contributed by atoms with Gasteiger partial charge >= 0.3 is 5.69 Å². The summed E-state index contributed by atoms with van der Waals surface area (Å²) in [6.45, 7) is 7.23. The fourth-order valence-corrected chi connectivity index (χ4v) is 1.86. The van der Waals surface area contributed by atoms with Crippen LogP contribution in [-0.4, -0.2) is 36.6 Å². The second-order valence-corrected chi connectivity index (χ2v) is 4.04. The van der Waals surface area contributed by atoms with Crippen molar-refractivity contribution in [2.75, 3.05) is 26.7 Å². The molecule has 1 aromatic carbocycles. The monoisotopic (exact) mass is 252 g/mol. The Hall–Kier alpha value is -1.62. The van der Waals surface area contributed by atoms with E-state index in [1.165, 1.54) is 13.2 Å². The van der Waals surface area contributed by atoms with Gasteiger partial charge in [-0.15, -0.1) is 0 Å². The Kier molecular flexibility index (Phi) is 5.58. The lowest BCUT2D eigenvalue weighted by molar-refractivity contribution is -0.385. The average Bonchev–Trinajstić information content (AvgIpc) is 2.39. The number of hydrogen-bond acceptors (Lipinski definition) is 4. The van der Waals surface area contributed by atoms with E-state index < -0.39 is 4.92 Å². The number of likely N-dealkylation sites (N-methyl/N-ethyl adjacent to an activating group) is 1. The number of benzene rings is 1. The standard InChI is InChI=1S/C13H20N2O3/c1-4-14(5-2)9-8-11-6-7-12(15(16)17)13(10-11)18-3/h6-7,10H,4-5,8-9H2,1-3H3. The number of nitro benzene ring substituents is 1. The maximum absolute atomic E-state index is 10.8. The summed E-state index contributed by atoms with van der Waals surface area (Å²) in [6.07, 6.45) is 0.871. The first-order valence-corrected chi connectivity index (χ1v) is 6.16. The van der Waals surface area contributed by atoms with Gasteiger partial charge in [-0.1, -0.05) is 19.9 Å². The van der Waals surface area contributed by atoms with Crippen LogP contribution < -0.4 is 4.74 Å².